The first-order valence-corrected chi connectivity index (χ1v) is 6.35. The average Bonchev–Trinajstić information content (AvgIpc) is 2.95. The van der Waals surface area contributed by atoms with Gasteiger partial charge in [-0.3, -0.25) is 0 Å². The molecule has 108 valence electrons. The van der Waals surface area contributed by atoms with E-state index in [4.69, 9.17) is 10.5 Å². The highest BCUT2D eigenvalue weighted by Gasteiger charge is 2.21. The Morgan fingerprint density at radius 3 is 2.80 bits per heavy atom. The third kappa shape index (κ3) is 2.79. The molecular formula is C12H17N5O3. The van der Waals surface area contributed by atoms with Gasteiger partial charge in [-0.15, -0.1) is 0 Å². The molecule has 0 unspecified atom stereocenters. The summed E-state index contributed by atoms with van der Waals surface area (Å²) in [5, 5.41) is 7.25. The SMILES string of the molecule is CCOC(=O)c1cn(CC(C)C)c(-c2nonc2N)n1. The fourth-order valence-electron chi connectivity index (χ4n) is 1.79. The van der Waals surface area contributed by atoms with Crippen molar-refractivity contribution in [2.24, 2.45) is 5.92 Å². The molecule has 0 aromatic carbocycles. The zero-order valence-electron chi connectivity index (χ0n) is 11.7. The summed E-state index contributed by atoms with van der Waals surface area (Å²) in [6, 6.07) is 0. The number of carbonyl (C=O) groups is 1. The first-order chi connectivity index (χ1) is 9.52. The van der Waals surface area contributed by atoms with E-state index < -0.39 is 5.97 Å². The molecule has 0 aliphatic rings. The fourth-order valence-corrected chi connectivity index (χ4v) is 1.79. The summed E-state index contributed by atoms with van der Waals surface area (Å²) in [4.78, 5) is 16.0. The second-order valence-electron chi connectivity index (χ2n) is 4.71. The predicted molar refractivity (Wildman–Crippen MR) is 70.7 cm³/mol. The summed E-state index contributed by atoms with van der Waals surface area (Å²) in [6.07, 6.45) is 1.63. The maximum absolute atomic E-state index is 11.8. The zero-order valence-corrected chi connectivity index (χ0v) is 11.7. The lowest BCUT2D eigenvalue weighted by molar-refractivity contribution is 0.0520. The highest BCUT2D eigenvalue weighted by atomic mass is 16.6. The molecule has 2 aromatic heterocycles. The van der Waals surface area contributed by atoms with Gasteiger partial charge in [-0.2, -0.15) is 0 Å². The molecule has 0 aliphatic heterocycles. The Morgan fingerprint density at radius 2 is 2.25 bits per heavy atom. The van der Waals surface area contributed by atoms with Crippen LogP contribution in [0.5, 0.6) is 0 Å². The van der Waals surface area contributed by atoms with Crippen LogP contribution in [0, 0.1) is 5.92 Å². The van der Waals surface area contributed by atoms with Crippen LogP contribution in [0.25, 0.3) is 11.5 Å². The lowest BCUT2D eigenvalue weighted by Crippen LogP contribution is -2.06. The number of nitrogens with two attached hydrogens (primary N) is 1. The molecule has 0 aliphatic carbocycles. The Balaban J connectivity index is 2.43. The molecule has 0 atom stereocenters. The van der Waals surface area contributed by atoms with Crippen LogP contribution < -0.4 is 5.73 Å². The van der Waals surface area contributed by atoms with Crippen LogP contribution in [0.15, 0.2) is 10.8 Å². The Morgan fingerprint density at radius 1 is 1.50 bits per heavy atom. The number of carbonyl (C=O) groups excluding carboxylic acids is 1. The number of esters is 1. The monoisotopic (exact) mass is 279 g/mol. The van der Waals surface area contributed by atoms with Crippen molar-refractivity contribution in [2.45, 2.75) is 27.3 Å². The van der Waals surface area contributed by atoms with E-state index in [2.05, 4.69) is 33.8 Å². The maximum Gasteiger partial charge on any atom is 0.358 e. The van der Waals surface area contributed by atoms with Gasteiger partial charge in [-0.05, 0) is 23.2 Å². The van der Waals surface area contributed by atoms with Gasteiger partial charge >= 0.3 is 5.97 Å². The summed E-state index contributed by atoms with van der Waals surface area (Å²) in [7, 11) is 0. The van der Waals surface area contributed by atoms with E-state index in [0.29, 0.717) is 30.6 Å². The van der Waals surface area contributed by atoms with Crippen molar-refractivity contribution in [1.29, 1.82) is 0 Å². The molecule has 20 heavy (non-hydrogen) atoms. The first kappa shape index (κ1) is 14.0. The van der Waals surface area contributed by atoms with Crippen molar-refractivity contribution in [3.05, 3.63) is 11.9 Å². The second-order valence-corrected chi connectivity index (χ2v) is 4.71. The quantitative estimate of drug-likeness (QED) is 0.822. The van der Waals surface area contributed by atoms with Crippen molar-refractivity contribution in [1.82, 2.24) is 19.9 Å². The van der Waals surface area contributed by atoms with E-state index in [1.165, 1.54) is 0 Å². The van der Waals surface area contributed by atoms with Gasteiger partial charge in [-0.25, -0.2) is 14.4 Å². The largest absolute Gasteiger partial charge is 0.461 e. The average molecular weight is 279 g/mol. The van der Waals surface area contributed by atoms with Gasteiger partial charge in [0, 0.05) is 12.7 Å². The fraction of sp³-hybridized carbons (Fsp3) is 0.500. The van der Waals surface area contributed by atoms with E-state index in [0.717, 1.165) is 0 Å². The third-order valence-electron chi connectivity index (χ3n) is 2.55. The van der Waals surface area contributed by atoms with Crippen molar-refractivity contribution < 1.29 is 14.2 Å². The minimum absolute atomic E-state index is 0.135. The minimum Gasteiger partial charge on any atom is -0.461 e. The Hall–Kier alpha value is -2.38. The second kappa shape index (κ2) is 5.72. The highest BCUT2D eigenvalue weighted by molar-refractivity contribution is 5.88. The van der Waals surface area contributed by atoms with Crippen molar-refractivity contribution in [3.63, 3.8) is 0 Å². The molecule has 0 spiro atoms. The lowest BCUT2D eigenvalue weighted by Gasteiger charge is -2.08. The number of anilines is 1. The van der Waals surface area contributed by atoms with Gasteiger partial charge in [0.25, 0.3) is 0 Å². The van der Waals surface area contributed by atoms with E-state index in [-0.39, 0.29) is 11.5 Å². The molecular weight excluding hydrogens is 262 g/mol. The van der Waals surface area contributed by atoms with E-state index in [1.807, 2.05) is 0 Å². The molecule has 0 saturated heterocycles. The van der Waals surface area contributed by atoms with E-state index in [9.17, 15) is 4.79 Å². The molecule has 8 nitrogen and oxygen atoms in total. The number of nitrogen functional groups attached to an aromatic ring is 1. The number of ether oxygens (including phenoxy) is 1. The summed E-state index contributed by atoms with van der Waals surface area (Å²) >= 11 is 0. The maximum atomic E-state index is 11.8. The molecule has 0 fully saturated rings. The molecule has 0 saturated carbocycles. The van der Waals surface area contributed by atoms with Crippen LogP contribution in [0.4, 0.5) is 5.82 Å². The smallest absolute Gasteiger partial charge is 0.358 e. The van der Waals surface area contributed by atoms with Crippen LogP contribution in [-0.4, -0.2) is 32.4 Å². The van der Waals surface area contributed by atoms with Crippen LogP contribution in [-0.2, 0) is 11.3 Å². The van der Waals surface area contributed by atoms with Gasteiger partial charge < -0.3 is 15.0 Å². The molecule has 2 heterocycles. The van der Waals surface area contributed by atoms with Gasteiger partial charge in [0.05, 0.1) is 6.61 Å². The summed E-state index contributed by atoms with van der Waals surface area (Å²) < 4.78 is 11.3. The molecule has 0 radical (unpaired) electrons. The summed E-state index contributed by atoms with van der Waals surface area (Å²) in [6.45, 7) is 6.80. The number of hydrogen-bond acceptors (Lipinski definition) is 7. The number of hydrogen-bond donors (Lipinski definition) is 1. The number of nitrogens with zero attached hydrogens (tertiary/aromatic N) is 4. The van der Waals surface area contributed by atoms with Gasteiger partial charge in [-0.1, -0.05) is 13.8 Å². The topological polar surface area (TPSA) is 109 Å². The Bertz CT molecular complexity index is 602. The van der Waals surface area contributed by atoms with Crippen LogP contribution in [0.1, 0.15) is 31.3 Å². The number of aromatic nitrogens is 4. The van der Waals surface area contributed by atoms with Crippen LogP contribution in [0.2, 0.25) is 0 Å². The first-order valence-electron chi connectivity index (χ1n) is 6.35. The predicted octanol–water partition coefficient (Wildman–Crippen LogP) is 1.35. The van der Waals surface area contributed by atoms with Gasteiger partial charge in [0.2, 0.25) is 0 Å². The van der Waals surface area contributed by atoms with Crippen LogP contribution in [0.3, 0.4) is 0 Å². The number of rotatable bonds is 5. The summed E-state index contributed by atoms with van der Waals surface area (Å²) in [5.74, 6) is 0.460. The third-order valence-corrected chi connectivity index (χ3v) is 2.55. The molecule has 2 aromatic rings. The zero-order chi connectivity index (χ0) is 14.7. The van der Waals surface area contributed by atoms with Crippen molar-refractivity contribution in [2.75, 3.05) is 12.3 Å². The van der Waals surface area contributed by atoms with E-state index in [1.54, 1.807) is 17.7 Å². The number of imidazole rings is 1. The van der Waals surface area contributed by atoms with Crippen LogP contribution >= 0.6 is 0 Å². The molecule has 2 N–H and O–H groups in total. The Kier molecular flexibility index (Phi) is 4.02. The standard InChI is InChI=1S/C12H17N5O3/c1-4-19-12(18)8-6-17(5-7(2)3)11(14-8)9-10(13)16-20-15-9/h6-7H,4-5H2,1-3H3,(H2,13,16). The molecule has 8 heteroatoms. The van der Waals surface area contributed by atoms with Gasteiger partial charge in [0.1, 0.15) is 0 Å². The molecule has 0 amide bonds. The van der Waals surface area contributed by atoms with E-state index >= 15 is 0 Å². The molecule has 2 rings (SSSR count). The highest BCUT2D eigenvalue weighted by Crippen LogP contribution is 2.23. The molecule has 0 bridgehead atoms. The summed E-state index contributed by atoms with van der Waals surface area (Å²) in [5.41, 5.74) is 6.21. The minimum atomic E-state index is -0.480. The van der Waals surface area contributed by atoms with Crippen molar-refractivity contribution in [3.8, 4) is 11.5 Å². The normalized spacial score (nSPS) is 11.0. The van der Waals surface area contributed by atoms with Crippen molar-refractivity contribution >= 4 is 11.8 Å². The Labute approximate surface area is 115 Å². The van der Waals surface area contributed by atoms with Gasteiger partial charge in [0.15, 0.2) is 23.0 Å². The lowest BCUT2D eigenvalue weighted by atomic mass is 10.2.